The third-order valence-corrected chi connectivity index (χ3v) is 7.81. The molecule has 2 aliphatic rings. The van der Waals surface area contributed by atoms with Crippen LogP contribution in [0.15, 0.2) is 35.8 Å². The first kappa shape index (κ1) is 24.5. The maximum atomic E-state index is 13.3. The Balaban J connectivity index is 1.40. The maximum absolute atomic E-state index is 13.3. The van der Waals surface area contributed by atoms with E-state index in [1.807, 2.05) is 6.07 Å². The minimum absolute atomic E-state index is 0.0198. The highest BCUT2D eigenvalue weighted by Gasteiger charge is 2.47. The number of aromatic nitrogens is 2. The molecule has 5 rings (SSSR count). The minimum Gasteiger partial charge on any atom is -0.433 e. The van der Waals surface area contributed by atoms with Gasteiger partial charge in [0.2, 0.25) is 5.95 Å². The molecule has 0 aliphatic carbocycles. The molecule has 36 heavy (non-hydrogen) atoms. The summed E-state index contributed by atoms with van der Waals surface area (Å²) in [5.41, 5.74) is 6.79. The van der Waals surface area contributed by atoms with Crippen molar-refractivity contribution in [2.45, 2.75) is 25.6 Å². The number of amides is 1. The van der Waals surface area contributed by atoms with E-state index in [4.69, 9.17) is 22.1 Å². The Labute approximate surface area is 215 Å². The molecule has 4 N–H and O–H groups in total. The number of ether oxygens (including phenoxy) is 1. The Kier molecular flexibility index (Phi) is 6.58. The van der Waals surface area contributed by atoms with Gasteiger partial charge in [0.05, 0.1) is 17.4 Å². The lowest BCUT2D eigenvalue weighted by Gasteiger charge is -2.34. The van der Waals surface area contributed by atoms with Crippen LogP contribution in [0.3, 0.4) is 0 Å². The van der Waals surface area contributed by atoms with E-state index >= 15 is 0 Å². The van der Waals surface area contributed by atoms with Crippen molar-refractivity contribution >= 4 is 57.0 Å². The molecule has 13 heteroatoms. The second-order valence-electron chi connectivity index (χ2n) is 8.81. The van der Waals surface area contributed by atoms with Crippen LogP contribution in [0, 0.1) is 5.92 Å². The highest BCUT2D eigenvalue weighted by atomic mass is 35.5. The van der Waals surface area contributed by atoms with Gasteiger partial charge >= 0.3 is 6.61 Å². The number of carbonyl (C=O) groups is 1. The number of anilines is 5. The molecule has 3 aromatic rings. The predicted molar refractivity (Wildman–Crippen MR) is 136 cm³/mol. The van der Waals surface area contributed by atoms with Gasteiger partial charge in [-0.05, 0) is 36.5 Å². The monoisotopic (exact) mass is 535 g/mol. The number of hydrogen-bond acceptors (Lipinski definition) is 9. The van der Waals surface area contributed by atoms with Crippen LogP contribution >= 0.6 is 22.9 Å². The van der Waals surface area contributed by atoms with Gasteiger partial charge in [-0.3, -0.25) is 9.69 Å². The number of fused-ring (bicyclic) bond motifs is 2. The third kappa shape index (κ3) is 4.63. The average Bonchev–Trinajstić information content (AvgIpc) is 3.49. The number of piperazine rings is 1. The second-order valence-corrected chi connectivity index (χ2v) is 10.1. The van der Waals surface area contributed by atoms with Crippen molar-refractivity contribution < 1.29 is 18.3 Å². The molecule has 1 aromatic carbocycles. The molecule has 2 aromatic heterocycles. The maximum Gasteiger partial charge on any atom is 0.387 e. The second kappa shape index (κ2) is 9.68. The van der Waals surface area contributed by atoms with Crippen molar-refractivity contribution in [3.8, 4) is 5.75 Å². The topological polar surface area (TPSA) is 109 Å². The van der Waals surface area contributed by atoms with Crippen molar-refractivity contribution in [1.29, 1.82) is 0 Å². The summed E-state index contributed by atoms with van der Waals surface area (Å²) in [5, 5.41) is 8.29. The molecule has 2 fully saturated rings. The van der Waals surface area contributed by atoms with Crippen LogP contribution in [-0.2, 0) is 0 Å². The van der Waals surface area contributed by atoms with E-state index in [0.29, 0.717) is 28.6 Å². The zero-order chi connectivity index (χ0) is 25.6. The summed E-state index contributed by atoms with van der Waals surface area (Å²) in [4.78, 5) is 24.7. The summed E-state index contributed by atoms with van der Waals surface area (Å²) >= 11 is 7.49. The van der Waals surface area contributed by atoms with E-state index in [-0.39, 0.29) is 28.2 Å². The number of benzene rings is 1. The standard InChI is InChI=1S/C23H24ClF2N7O2S/c1-11-16-10-33(17(11)9-32(16)2)12-3-4-15(18(7-12)35-22(25)26)29-23-28-8-14(24)20(31-23)30-21-13(19(27)34)5-6-36-21/h3-8,11,16-17,22H,9-10H2,1-2H3,(H2,27,34)(H2,28,29,30,31)/t11-,16-,17-/m0/s1. The van der Waals surface area contributed by atoms with Gasteiger partial charge in [-0.2, -0.15) is 13.8 Å². The fraction of sp³-hybridized carbons (Fsp3) is 0.348. The summed E-state index contributed by atoms with van der Waals surface area (Å²) in [7, 11) is 2.11. The van der Waals surface area contributed by atoms with Crippen molar-refractivity contribution in [3.05, 3.63) is 46.4 Å². The molecule has 2 aliphatic heterocycles. The third-order valence-electron chi connectivity index (χ3n) is 6.71. The smallest absolute Gasteiger partial charge is 0.387 e. The normalized spacial score (nSPS) is 21.3. The number of nitrogens with two attached hydrogens (primary N) is 1. The Bertz CT molecular complexity index is 1290. The molecule has 190 valence electrons. The van der Waals surface area contributed by atoms with E-state index in [0.717, 1.165) is 18.8 Å². The number of hydrogen-bond donors (Lipinski definition) is 3. The van der Waals surface area contributed by atoms with Gasteiger partial charge in [0, 0.05) is 36.9 Å². The molecule has 0 saturated carbocycles. The van der Waals surface area contributed by atoms with E-state index in [1.165, 1.54) is 17.5 Å². The first-order valence-electron chi connectivity index (χ1n) is 11.2. The van der Waals surface area contributed by atoms with E-state index < -0.39 is 12.5 Å². The molecular weight excluding hydrogens is 512 g/mol. The van der Waals surface area contributed by atoms with Gasteiger partial charge in [-0.15, -0.1) is 11.3 Å². The highest BCUT2D eigenvalue weighted by Crippen LogP contribution is 2.41. The number of alkyl halides is 2. The van der Waals surface area contributed by atoms with Crippen LogP contribution < -0.4 is 26.0 Å². The van der Waals surface area contributed by atoms with E-state index in [1.54, 1.807) is 23.6 Å². The molecule has 4 heterocycles. The van der Waals surface area contributed by atoms with Crippen LogP contribution in [-0.4, -0.2) is 59.6 Å². The van der Waals surface area contributed by atoms with Crippen molar-refractivity contribution in [2.24, 2.45) is 11.7 Å². The summed E-state index contributed by atoms with van der Waals surface area (Å²) in [6.07, 6.45) is 1.36. The summed E-state index contributed by atoms with van der Waals surface area (Å²) < 4.78 is 31.4. The quantitative estimate of drug-likeness (QED) is 0.386. The Morgan fingerprint density at radius 3 is 2.75 bits per heavy atom. The average molecular weight is 536 g/mol. The molecule has 0 radical (unpaired) electrons. The fourth-order valence-electron chi connectivity index (χ4n) is 4.91. The Hall–Kier alpha value is -3.22. The first-order valence-corrected chi connectivity index (χ1v) is 12.5. The lowest BCUT2D eigenvalue weighted by molar-refractivity contribution is -0.0493. The summed E-state index contributed by atoms with van der Waals surface area (Å²) in [6, 6.07) is 7.48. The van der Waals surface area contributed by atoms with Crippen molar-refractivity contribution in [3.63, 3.8) is 0 Å². The van der Waals surface area contributed by atoms with Gasteiger partial charge in [0.1, 0.15) is 10.0 Å². The number of rotatable bonds is 8. The fourth-order valence-corrected chi connectivity index (χ4v) is 5.84. The number of thiophene rings is 1. The van der Waals surface area contributed by atoms with Crippen LogP contribution in [0.4, 0.5) is 36.9 Å². The van der Waals surface area contributed by atoms with E-state index in [2.05, 4.69) is 44.4 Å². The largest absolute Gasteiger partial charge is 0.433 e. The first-order chi connectivity index (χ1) is 17.2. The van der Waals surface area contributed by atoms with Crippen LogP contribution in [0.5, 0.6) is 5.75 Å². The molecule has 2 bridgehead atoms. The summed E-state index contributed by atoms with van der Waals surface area (Å²) in [5.74, 6) is 0.191. The van der Waals surface area contributed by atoms with Crippen molar-refractivity contribution in [1.82, 2.24) is 14.9 Å². The minimum atomic E-state index is -3.00. The molecular formula is C23H24ClF2N7O2S. The molecule has 2 saturated heterocycles. The highest BCUT2D eigenvalue weighted by molar-refractivity contribution is 7.14. The number of likely N-dealkylation sites (N-methyl/N-ethyl adjacent to an activating group) is 1. The van der Waals surface area contributed by atoms with Crippen LogP contribution in [0.2, 0.25) is 5.02 Å². The molecule has 0 spiro atoms. The Morgan fingerprint density at radius 2 is 2.08 bits per heavy atom. The van der Waals surface area contributed by atoms with Crippen molar-refractivity contribution in [2.75, 3.05) is 35.7 Å². The van der Waals surface area contributed by atoms with Crippen LogP contribution in [0.25, 0.3) is 0 Å². The number of halogens is 3. The number of likely N-dealkylation sites (tertiary alicyclic amines) is 1. The van der Waals surface area contributed by atoms with Gasteiger partial charge in [-0.25, -0.2) is 4.98 Å². The summed E-state index contributed by atoms with van der Waals surface area (Å²) in [6.45, 7) is 0.967. The van der Waals surface area contributed by atoms with Gasteiger partial charge in [0.25, 0.3) is 5.91 Å². The lowest BCUT2D eigenvalue weighted by Crippen LogP contribution is -2.44. The van der Waals surface area contributed by atoms with Gasteiger partial charge in [0.15, 0.2) is 11.6 Å². The lowest BCUT2D eigenvalue weighted by atomic mass is 10.0. The number of primary amides is 1. The number of carbonyl (C=O) groups excluding carboxylic acids is 1. The molecule has 9 nitrogen and oxygen atoms in total. The van der Waals surface area contributed by atoms with Crippen LogP contribution in [0.1, 0.15) is 17.3 Å². The number of nitrogens with zero attached hydrogens (tertiary/aromatic N) is 4. The predicted octanol–water partition coefficient (Wildman–Crippen LogP) is 4.52. The molecule has 0 unspecified atom stereocenters. The zero-order valence-electron chi connectivity index (χ0n) is 19.4. The van der Waals surface area contributed by atoms with Gasteiger partial charge in [-0.1, -0.05) is 18.5 Å². The Morgan fingerprint density at radius 1 is 1.28 bits per heavy atom. The number of nitrogens with one attached hydrogen (secondary N) is 2. The SMILES string of the molecule is C[C@H]1[C@@H]2CN(c3ccc(Nc4ncc(Cl)c(Nc5sccc5C(N)=O)n4)c(OC(F)F)c3)[C@H]1CN2C. The molecule has 3 atom stereocenters. The van der Waals surface area contributed by atoms with E-state index in [9.17, 15) is 13.6 Å². The zero-order valence-corrected chi connectivity index (χ0v) is 21.0. The molecule has 1 amide bonds. The van der Waals surface area contributed by atoms with Gasteiger partial charge < -0.3 is 26.0 Å².